The number of carbonyl (C=O) groups is 2. The van der Waals surface area contributed by atoms with E-state index in [0.29, 0.717) is 31.5 Å². The largest absolute Gasteiger partial charge is 0.371 e. The molecule has 2 aromatic rings. The van der Waals surface area contributed by atoms with Crippen molar-refractivity contribution in [3.63, 3.8) is 0 Å². The number of hydrogen-bond donors (Lipinski definition) is 2. The van der Waals surface area contributed by atoms with E-state index >= 15 is 0 Å². The summed E-state index contributed by atoms with van der Waals surface area (Å²) in [6, 6.07) is 6.84. The maximum Gasteiger partial charge on any atom is 0.261 e. The minimum atomic E-state index is -0.105. The fourth-order valence-electron chi connectivity index (χ4n) is 1.60. The summed E-state index contributed by atoms with van der Waals surface area (Å²) in [4.78, 5) is 23.9. The van der Waals surface area contributed by atoms with Gasteiger partial charge in [0.05, 0.1) is 31.1 Å². The van der Waals surface area contributed by atoms with Gasteiger partial charge in [-0.1, -0.05) is 29.3 Å². The van der Waals surface area contributed by atoms with Gasteiger partial charge in [-0.3, -0.25) is 9.59 Å². The topological polar surface area (TPSA) is 70.7 Å². The second-order valence-electron chi connectivity index (χ2n) is 4.87. The minimum Gasteiger partial charge on any atom is -0.371 e. The highest BCUT2D eigenvalue weighted by Crippen LogP contribution is 2.21. The van der Waals surface area contributed by atoms with Crippen LogP contribution in [0.15, 0.2) is 36.9 Å². The van der Waals surface area contributed by atoms with Crippen LogP contribution < -0.4 is 10.6 Å². The van der Waals surface area contributed by atoms with E-state index in [1.54, 1.807) is 30.3 Å². The molecule has 1 atom stereocenters. The number of ether oxygens (including phenoxy) is 1. The van der Waals surface area contributed by atoms with Gasteiger partial charge in [0.2, 0.25) is 0 Å². The molecule has 3 rings (SSSR count). The molecule has 0 spiro atoms. The first kappa shape index (κ1) is 19.9. The van der Waals surface area contributed by atoms with E-state index < -0.39 is 0 Å². The van der Waals surface area contributed by atoms with Gasteiger partial charge in [0, 0.05) is 13.1 Å². The van der Waals surface area contributed by atoms with Crippen LogP contribution in [-0.4, -0.2) is 37.6 Å². The van der Waals surface area contributed by atoms with E-state index in [4.69, 9.17) is 27.9 Å². The lowest BCUT2D eigenvalue weighted by Gasteiger charge is -1.98. The lowest BCUT2D eigenvalue weighted by molar-refractivity contribution is 0.0949. The first-order chi connectivity index (χ1) is 12.0. The molecule has 0 bridgehead atoms. The van der Waals surface area contributed by atoms with Crippen LogP contribution in [-0.2, 0) is 4.74 Å². The molecule has 0 aromatic carbocycles. The van der Waals surface area contributed by atoms with Crippen LogP contribution in [0.5, 0.6) is 0 Å². The van der Waals surface area contributed by atoms with Crippen molar-refractivity contribution in [3.8, 4) is 0 Å². The number of nitrogens with one attached hydrogen (secondary N) is 2. The summed E-state index contributed by atoms with van der Waals surface area (Å²) in [5, 5.41) is 5.42. The number of carbonyl (C=O) groups excluding carboxylic acids is 2. The van der Waals surface area contributed by atoms with Gasteiger partial charge in [-0.15, -0.1) is 29.3 Å². The van der Waals surface area contributed by atoms with E-state index in [1.807, 2.05) is 0 Å². The number of thiophene rings is 2. The lowest BCUT2D eigenvalue weighted by Crippen LogP contribution is -2.26. The number of rotatable bonds is 6. The highest BCUT2D eigenvalue weighted by molar-refractivity contribution is 7.18. The Hall–Kier alpha value is -1.38. The minimum absolute atomic E-state index is 0.0765. The summed E-state index contributed by atoms with van der Waals surface area (Å²) >= 11 is 13.9. The zero-order chi connectivity index (χ0) is 18.2. The summed E-state index contributed by atoms with van der Waals surface area (Å²) in [6.07, 6.45) is 1.85. The number of hydrogen-bond acceptors (Lipinski definition) is 5. The second-order valence-corrected chi connectivity index (χ2v) is 8.30. The van der Waals surface area contributed by atoms with E-state index in [-0.39, 0.29) is 17.9 Å². The third kappa shape index (κ3) is 7.17. The van der Waals surface area contributed by atoms with Crippen molar-refractivity contribution < 1.29 is 14.3 Å². The van der Waals surface area contributed by atoms with Crippen molar-refractivity contribution in [3.05, 3.63) is 55.3 Å². The van der Waals surface area contributed by atoms with E-state index in [0.717, 1.165) is 6.61 Å². The number of epoxide rings is 1. The van der Waals surface area contributed by atoms with Crippen molar-refractivity contribution in [2.24, 2.45) is 0 Å². The van der Waals surface area contributed by atoms with E-state index in [9.17, 15) is 9.59 Å². The molecule has 3 heterocycles. The molecule has 1 fully saturated rings. The molecule has 2 aromatic heterocycles. The summed E-state index contributed by atoms with van der Waals surface area (Å²) in [6.45, 7) is 5.32. The van der Waals surface area contributed by atoms with Crippen molar-refractivity contribution >= 4 is 57.7 Å². The monoisotopic (exact) mass is 418 g/mol. The normalized spacial score (nSPS) is 14.9. The maximum absolute atomic E-state index is 11.4. The van der Waals surface area contributed by atoms with Gasteiger partial charge in [0.25, 0.3) is 11.8 Å². The van der Waals surface area contributed by atoms with Gasteiger partial charge < -0.3 is 15.4 Å². The van der Waals surface area contributed by atoms with Crippen LogP contribution in [0, 0.1) is 0 Å². The van der Waals surface area contributed by atoms with Crippen molar-refractivity contribution in [1.82, 2.24) is 10.6 Å². The highest BCUT2D eigenvalue weighted by atomic mass is 35.5. The third-order valence-electron chi connectivity index (χ3n) is 2.89. The van der Waals surface area contributed by atoms with Crippen molar-refractivity contribution in [2.45, 2.75) is 6.10 Å². The van der Waals surface area contributed by atoms with Crippen molar-refractivity contribution in [2.75, 3.05) is 19.7 Å². The van der Waals surface area contributed by atoms with Crippen molar-refractivity contribution in [1.29, 1.82) is 0 Å². The van der Waals surface area contributed by atoms with Crippen LogP contribution in [0.3, 0.4) is 0 Å². The predicted molar refractivity (Wildman–Crippen MR) is 103 cm³/mol. The Morgan fingerprint density at radius 2 is 1.64 bits per heavy atom. The predicted octanol–water partition coefficient (Wildman–Crippen LogP) is 3.85. The summed E-state index contributed by atoms with van der Waals surface area (Å²) in [5.74, 6) is -0.181. The number of halogens is 2. The van der Waals surface area contributed by atoms with Gasteiger partial charge in [0.15, 0.2) is 0 Å². The molecule has 2 N–H and O–H groups in total. The number of amides is 2. The quantitative estimate of drug-likeness (QED) is 0.552. The molecule has 25 heavy (non-hydrogen) atoms. The Labute approximate surface area is 163 Å². The summed E-state index contributed by atoms with van der Waals surface area (Å²) < 4.78 is 6.22. The average Bonchev–Trinajstić information content (AvgIpc) is 3.17. The highest BCUT2D eigenvalue weighted by Gasteiger charge is 2.23. The Kier molecular flexibility index (Phi) is 7.92. The molecule has 0 saturated carbocycles. The SMILES string of the molecule is C=CCNC(=O)c1ccc(Cl)s1.O=C(NCC1CO1)c1ccc(Cl)s1. The van der Waals surface area contributed by atoms with Gasteiger partial charge >= 0.3 is 0 Å². The molecule has 2 amide bonds. The Bertz CT molecular complexity index is 741. The standard InChI is InChI=1S/C8H8ClNO2S.C8H8ClNOS/c9-7-2-1-6(13-7)8(11)10-3-5-4-12-5;1-2-5-10-8(11)6-3-4-7(9)12-6/h1-2,5H,3-4H2,(H,10,11);2-4H,1,5H2,(H,10,11). The maximum atomic E-state index is 11.4. The van der Waals surface area contributed by atoms with Crippen LogP contribution in [0.4, 0.5) is 0 Å². The zero-order valence-corrected chi connectivity index (χ0v) is 16.2. The molecule has 9 heteroatoms. The molecule has 1 aliphatic rings. The molecular weight excluding hydrogens is 403 g/mol. The molecule has 0 aliphatic carbocycles. The fraction of sp³-hybridized carbons (Fsp3) is 0.250. The van der Waals surface area contributed by atoms with Gasteiger partial charge in [-0.25, -0.2) is 0 Å². The second kappa shape index (κ2) is 9.94. The van der Waals surface area contributed by atoms with Crippen LogP contribution in [0.25, 0.3) is 0 Å². The summed E-state index contributed by atoms with van der Waals surface area (Å²) in [7, 11) is 0. The first-order valence-corrected chi connectivity index (χ1v) is 9.68. The molecule has 1 unspecified atom stereocenters. The zero-order valence-electron chi connectivity index (χ0n) is 13.1. The smallest absolute Gasteiger partial charge is 0.261 e. The molecule has 5 nitrogen and oxygen atoms in total. The lowest BCUT2D eigenvalue weighted by atomic mass is 10.4. The van der Waals surface area contributed by atoms with Crippen LogP contribution >= 0.6 is 45.9 Å². The molecular formula is C16H16Cl2N2O3S2. The van der Waals surface area contributed by atoms with Gasteiger partial charge in [-0.2, -0.15) is 0 Å². The van der Waals surface area contributed by atoms with Gasteiger partial charge in [-0.05, 0) is 24.3 Å². The van der Waals surface area contributed by atoms with Crippen LogP contribution in [0.2, 0.25) is 8.67 Å². The Morgan fingerprint density at radius 1 is 1.12 bits per heavy atom. The third-order valence-corrected chi connectivity index (χ3v) is 5.35. The Morgan fingerprint density at radius 3 is 2.04 bits per heavy atom. The molecule has 0 radical (unpaired) electrons. The average molecular weight is 419 g/mol. The van der Waals surface area contributed by atoms with E-state index in [2.05, 4.69) is 17.2 Å². The van der Waals surface area contributed by atoms with Gasteiger partial charge in [0.1, 0.15) is 0 Å². The molecule has 134 valence electrons. The Balaban J connectivity index is 0.000000181. The molecule has 1 aliphatic heterocycles. The summed E-state index contributed by atoms with van der Waals surface area (Å²) in [5.41, 5.74) is 0. The van der Waals surface area contributed by atoms with Crippen LogP contribution in [0.1, 0.15) is 19.3 Å². The van der Waals surface area contributed by atoms with E-state index in [1.165, 1.54) is 22.7 Å². The fourth-order valence-corrected chi connectivity index (χ4v) is 3.52. The first-order valence-electron chi connectivity index (χ1n) is 7.29. The molecule has 1 saturated heterocycles.